The van der Waals surface area contributed by atoms with E-state index in [1.165, 1.54) is 0 Å². The van der Waals surface area contributed by atoms with Crippen molar-refractivity contribution in [2.45, 2.75) is 47.1 Å². The highest BCUT2D eigenvalue weighted by atomic mass is 16.5. The number of rotatable bonds is 8. The number of ether oxygens (including phenoxy) is 1. The molecule has 2 rings (SSSR count). The molecule has 0 spiro atoms. The van der Waals surface area contributed by atoms with Gasteiger partial charge in [0.15, 0.2) is 6.10 Å². The minimum atomic E-state index is -0.646. The highest BCUT2D eigenvalue weighted by Crippen LogP contribution is 2.22. The van der Waals surface area contributed by atoms with Crippen LogP contribution in [-0.4, -0.2) is 24.5 Å². The van der Waals surface area contributed by atoms with Crippen LogP contribution in [0, 0.1) is 19.8 Å². The summed E-state index contributed by atoms with van der Waals surface area (Å²) in [5, 5.41) is 5.75. The molecule has 2 N–H and O–H groups in total. The summed E-state index contributed by atoms with van der Waals surface area (Å²) < 4.78 is 5.98. The normalized spacial score (nSPS) is 11.8. The van der Waals surface area contributed by atoms with E-state index in [0.717, 1.165) is 11.1 Å². The number of nitrogens with one attached hydrogen (secondary N) is 2. The zero-order chi connectivity index (χ0) is 20.7. The van der Waals surface area contributed by atoms with Crippen molar-refractivity contribution in [1.82, 2.24) is 5.32 Å². The quantitative estimate of drug-likeness (QED) is 0.707. The van der Waals surface area contributed by atoms with Crippen LogP contribution in [0.5, 0.6) is 5.75 Å². The Kier molecular flexibility index (Phi) is 7.61. The molecule has 2 amide bonds. The Hall–Kier alpha value is -2.82. The van der Waals surface area contributed by atoms with Gasteiger partial charge in [-0.05, 0) is 55.5 Å². The van der Waals surface area contributed by atoms with Crippen LogP contribution in [0.2, 0.25) is 0 Å². The van der Waals surface area contributed by atoms with Crippen LogP contribution in [0.3, 0.4) is 0 Å². The Morgan fingerprint density at radius 1 is 1.07 bits per heavy atom. The molecule has 0 bridgehead atoms. The molecule has 5 nitrogen and oxygen atoms in total. The van der Waals surface area contributed by atoms with E-state index in [4.69, 9.17) is 4.74 Å². The lowest BCUT2D eigenvalue weighted by molar-refractivity contribution is -0.122. The molecule has 28 heavy (non-hydrogen) atoms. The average Bonchev–Trinajstić information content (AvgIpc) is 2.67. The molecule has 2 aromatic rings. The lowest BCUT2D eigenvalue weighted by Gasteiger charge is -2.20. The van der Waals surface area contributed by atoms with E-state index in [9.17, 15) is 9.59 Å². The van der Waals surface area contributed by atoms with Gasteiger partial charge in [-0.1, -0.05) is 45.0 Å². The molecule has 0 unspecified atom stereocenters. The molecule has 2 aromatic carbocycles. The third-order valence-corrected chi connectivity index (χ3v) is 4.38. The molecule has 0 saturated heterocycles. The van der Waals surface area contributed by atoms with Crippen molar-refractivity contribution in [2.75, 3.05) is 11.9 Å². The monoisotopic (exact) mass is 382 g/mol. The molecule has 0 aromatic heterocycles. The van der Waals surface area contributed by atoms with Gasteiger partial charge in [-0.25, -0.2) is 0 Å². The molecule has 0 aliphatic carbocycles. The van der Waals surface area contributed by atoms with Crippen LogP contribution >= 0.6 is 0 Å². The fourth-order valence-corrected chi connectivity index (χ4v) is 2.71. The lowest BCUT2D eigenvalue weighted by atomic mass is 10.1. The van der Waals surface area contributed by atoms with Crippen molar-refractivity contribution >= 4 is 17.5 Å². The van der Waals surface area contributed by atoms with Gasteiger partial charge in [0.25, 0.3) is 11.8 Å². The van der Waals surface area contributed by atoms with Crippen LogP contribution in [0.4, 0.5) is 5.69 Å². The van der Waals surface area contributed by atoms with Gasteiger partial charge in [-0.2, -0.15) is 0 Å². The lowest BCUT2D eigenvalue weighted by Crippen LogP contribution is -2.34. The van der Waals surface area contributed by atoms with Crippen molar-refractivity contribution in [3.8, 4) is 5.75 Å². The summed E-state index contributed by atoms with van der Waals surface area (Å²) in [5.41, 5.74) is 2.98. The van der Waals surface area contributed by atoms with Crippen LogP contribution in [0.15, 0.2) is 42.5 Å². The number of para-hydroxylation sites is 1. The second-order valence-electron chi connectivity index (χ2n) is 7.42. The smallest absolute Gasteiger partial charge is 0.265 e. The molecule has 1 atom stereocenters. The summed E-state index contributed by atoms with van der Waals surface area (Å²) in [5.74, 6) is 0.576. The van der Waals surface area contributed by atoms with Crippen molar-refractivity contribution in [3.63, 3.8) is 0 Å². The third kappa shape index (κ3) is 5.84. The second kappa shape index (κ2) is 9.93. The predicted octanol–water partition coefficient (Wildman–Crippen LogP) is 4.49. The van der Waals surface area contributed by atoms with Crippen molar-refractivity contribution in [3.05, 3.63) is 59.2 Å². The Morgan fingerprint density at radius 2 is 1.79 bits per heavy atom. The van der Waals surface area contributed by atoms with Crippen LogP contribution in [0.25, 0.3) is 0 Å². The molecule has 0 saturated carbocycles. The summed E-state index contributed by atoms with van der Waals surface area (Å²) >= 11 is 0. The molecule has 0 heterocycles. The van der Waals surface area contributed by atoms with E-state index in [0.29, 0.717) is 35.9 Å². The number of amides is 2. The maximum absolute atomic E-state index is 12.8. The molecule has 150 valence electrons. The molecule has 5 heteroatoms. The molecule has 0 radical (unpaired) electrons. The summed E-state index contributed by atoms with van der Waals surface area (Å²) in [4.78, 5) is 25.3. The first-order valence-electron chi connectivity index (χ1n) is 9.73. The van der Waals surface area contributed by atoms with Gasteiger partial charge in [0.05, 0.1) is 11.3 Å². The Balaban J connectivity index is 2.14. The van der Waals surface area contributed by atoms with Gasteiger partial charge in [0.1, 0.15) is 5.75 Å². The summed E-state index contributed by atoms with van der Waals surface area (Å²) in [6.07, 6.45) is -0.131. The highest BCUT2D eigenvalue weighted by Gasteiger charge is 2.21. The number of benzene rings is 2. The zero-order valence-corrected chi connectivity index (χ0v) is 17.3. The number of carbonyl (C=O) groups is 2. The van der Waals surface area contributed by atoms with E-state index in [1.54, 1.807) is 24.3 Å². The van der Waals surface area contributed by atoms with Crippen molar-refractivity contribution in [1.29, 1.82) is 0 Å². The minimum absolute atomic E-state index is 0.201. The SMILES string of the molecule is CC[C@H](Oc1cc(C)ccc1C)C(=O)Nc1ccccc1C(=O)NCC(C)C. The number of aryl methyl sites for hydroxylation is 2. The fraction of sp³-hybridized carbons (Fsp3) is 0.391. The van der Waals surface area contributed by atoms with Gasteiger partial charge < -0.3 is 15.4 Å². The highest BCUT2D eigenvalue weighted by molar-refractivity contribution is 6.04. The van der Waals surface area contributed by atoms with Crippen LogP contribution in [-0.2, 0) is 4.79 Å². The van der Waals surface area contributed by atoms with Gasteiger partial charge in [0.2, 0.25) is 0 Å². The van der Waals surface area contributed by atoms with Gasteiger partial charge in [0, 0.05) is 6.54 Å². The van der Waals surface area contributed by atoms with E-state index in [2.05, 4.69) is 10.6 Å². The molecular formula is C23H30N2O3. The van der Waals surface area contributed by atoms with E-state index < -0.39 is 6.10 Å². The number of anilines is 1. The molecule has 0 fully saturated rings. The Bertz CT molecular complexity index is 830. The summed E-state index contributed by atoms with van der Waals surface area (Å²) in [6.45, 7) is 10.5. The van der Waals surface area contributed by atoms with Crippen LogP contribution < -0.4 is 15.4 Å². The van der Waals surface area contributed by atoms with Crippen molar-refractivity contribution < 1.29 is 14.3 Å². The third-order valence-electron chi connectivity index (χ3n) is 4.38. The van der Waals surface area contributed by atoms with E-state index >= 15 is 0 Å². The Morgan fingerprint density at radius 3 is 2.46 bits per heavy atom. The minimum Gasteiger partial charge on any atom is -0.480 e. The van der Waals surface area contributed by atoms with Crippen molar-refractivity contribution in [2.24, 2.45) is 5.92 Å². The first-order chi connectivity index (χ1) is 13.3. The molecule has 0 aliphatic rings. The van der Waals surface area contributed by atoms with E-state index in [1.807, 2.05) is 52.8 Å². The molecular weight excluding hydrogens is 352 g/mol. The number of carbonyl (C=O) groups excluding carboxylic acids is 2. The van der Waals surface area contributed by atoms with Gasteiger partial charge in [-0.15, -0.1) is 0 Å². The first kappa shape index (κ1) is 21.5. The fourth-order valence-electron chi connectivity index (χ4n) is 2.71. The topological polar surface area (TPSA) is 67.4 Å². The summed E-state index contributed by atoms with van der Waals surface area (Å²) in [6, 6.07) is 12.9. The number of hydrogen-bond donors (Lipinski definition) is 2. The molecule has 0 aliphatic heterocycles. The summed E-state index contributed by atoms with van der Waals surface area (Å²) in [7, 11) is 0. The largest absolute Gasteiger partial charge is 0.480 e. The zero-order valence-electron chi connectivity index (χ0n) is 17.3. The first-order valence-corrected chi connectivity index (χ1v) is 9.73. The maximum Gasteiger partial charge on any atom is 0.265 e. The Labute approximate surface area is 167 Å². The second-order valence-corrected chi connectivity index (χ2v) is 7.42. The van der Waals surface area contributed by atoms with E-state index in [-0.39, 0.29) is 11.8 Å². The van der Waals surface area contributed by atoms with Gasteiger partial charge >= 0.3 is 0 Å². The van der Waals surface area contributed by atoms with Crippen LogP contribution in [0.1, 0.15) is 48.7 Å². The standard InChI is InChI=1S/C23H30N2O3/c1-6-20(28-21-13-16(4)11-12-17(21)5)23(27)25-19-10-8-7-9-18(19)22(26)24-14-15(2)3/h7-13,15,20H,6,14H2,1-5H3,(H,24,26)(H,25,27)/t20-/m0/s1. The maximum atomic E-state index is 12.8. The predicted molar refractivity (Wildman–Crippen MR) is 113 cm³/mol. The van der Waals surface area contributed by atoms with Gasteiger partial charge in [-0.3, -0.25) is 9.59 Å². The number of hydrogen-bond acceptors (Lipinski definition) is 3. The average molecular weight is 383 g/mol.